The largest absolute Gasteiger partial charge is 0.373 e. The van der Waals surface area contributed by atoms with Crippen LogP contribution in [0.1, 0.15) is 35.2 Å². The fraction of sp³-hybridized carbons (Fsp3) is 0.474. The van der Waals surface area contributed by atoms with Gasteiger partial charge < -0.3 is 10.1 Å². The molecule has 2 aromatic rings. The number of nitrogens with one attached hydrogen (secondary N) is 1. The molecular formula is C19H23N3O2S. The zero-order chi connectivity index (χ0) is 17.1. The van der Waals surface area contributed by atoms with E-state index in [-0.39, 0.29) is 17.6 Å². The third-order valence-corrected chi connectivity index (χ3v) is 5.85. The lowest BCUT2D eigenvalue weighted by molar-refractivity contribution is -0.0793. The number of rotatable bonds is 4. The minimum absolute atomic E-state index is 0.0370. The lowest BCUT2D eigenvalue weighted by atomic mass is 9.89. The maximum absolute atomic E-state index is 12.3. The van der Waals surface area contributed by atoms with Crippen LogP contribution in [-0.2, 0) is 11.3 Å². The summed E-state index contributed by atoms with van der Waals surface area (Å²) in [6.45, 7) is 3.62. The monoisotopic (exact) mass is 357 g/mol. The van der Waals surface area contributed by atoms with Crippen molar-refractivity contribution < 1.29 is 9.53 Å². The average molecular weight is 357 g/mol. The molecule has 25 heavy (non-hydrogen) atoms. The Morgan fingerprint density at radius 1 is 1.40 bits per heavy atom. The maximum Gasteiger partial charge on any atom is 0.252 e. The number of aromatic nitrogens is 1. The Morgan fingerprint density at radius 2 is 2.28 bits per heavy atom. The molecule has 2 aliphatic rings. The van der Waals surface area contributed by atoms with Crippen LogP contribution in [0.5, 0.6) is 0 Å². The summed E-state index contributed by atoms with van der Waals surface area (Å²) in [5.74, 6) is 0.0370. The molecule has 2 fully saturated rings. The molecule has 0 unspecified atom stereocenters. The standard InChI is InChI=1S/C19H23N3O2S/c23-18(16-4-10-25-13-16)21-17-3-9-24-19(11-17)5-8-22(14-19)12-15-1-6-20-7-2-15/h1-2,4,6-7,10,13,17H,3,5,8-9,11-12,14H2,(H,21,23)/t17-,19+/m0/s1. The van der Waals surface area contributed by atoms with Gasteiger partial charge in [-0.25, -0.2) is 0 Å². The fourth-order valence-electron chi connectivity index (χ4n) is 3.91. The summed E-state index contributed by atoms with van der Waals surface area (Å²) in [5.41, 5.74) is 1.93. The van der Waals surface area contributed by atoms with E-state index in [1.54, 1.807) is 11.3 Å². The van der Waals surface area contributed by atoms with Crippen molar-refractivity contribution in [2.45, 2.75) is 37.5 Å². The van der Waals surface area contributed by atoms with E-state index >= 15 is 0 Å². The molecule has 2 atom stereocenters. The second kappa shape index (κ2) is 7.23. The normalized spacial score (nSPS) is 26.8. The van der Waals surface area contributed by atoms with E-state index in [1.807, 2.05) is 29.2 Å². The van der Waals surface area contributed by atoms with E-state index < -0.39 is 0 Å². The Kier molecular flexibility index (Phi) is 4.83. The van der Waals surface area contributed by atoms with Crippen LogP contribution < -0.4 is 5.32 Å². The van der Waals surface area contributed by atoms with Gasteiger partial charge in [0.05, 0.1) is 5.60 Å². The second-order valence-electron chi connectivity index (χ2n) is 7.02. The highest BCUT2D eigenvalue weighted by atomic mass is 32.1. The van der Waals surface area contributed by atoms with Crippen LogP contribution in [0.3, 0.4) is 0 Å². The Labute approximate surface area is 152 Å². The number of likely N-dealkylation sites (tertiary alicyclic amines) is 1. The van der Waals surface area contributed by atoms with E-state index in [2.05, 4.69) is 27.3 Å². The summed E-state index contributed by atoms with van der Waals surface area (Å²) < 4.78 is 6.19. The van der Waals surface area contributed by atoms with E-state index in [0.29, 0.717) is 0 Å². The first kappa shape index (κ1) is 16.7. The zero-order valence-electron chi connectivity index (χ0n) is 14.2. The second-order valence-corrected chi connectivity index (χ2v) is 7.80. The molecule has 0 radical (unpaired) electrons. The van der Waals surface area contributed by atoms with Gasteiger partial charge in [0.1, 0.15) is 0 Å². The van der Waals surface area contributed by atoms with E-state index in [9.17, 15) is 4.79 Å². The van der Waals surface area contributed by atoms with Gasteiger partial charge in [-0.15, -0.1) is 0 Å². The van der Waals surface area contributed by atoms with Gasteiger partial charge in [-0.2, -0.15) is 11.3 Å². The van der Waals surface area contributed by atoms with Gasteiger partial charge in [-0.3, -0.25) is 14.7 Å². The molecule has 1 spiro atoms. The van der Waals surface area contributed by atoms with Crippen molar-refractivity contribution in [3.63, 3.8) is 0 Å². The van der Waals surface area contributed by atoms with Gasteiger partial charge >= 0.3 is 0 Å². The summed E-state index contributed by atoms with van der Waals surface area (Å²) in [4.78, 5) is 18.8. The van der Waals surface area contributed by atoms with Gasteiger partial charge in [0.15, 0.2) is 0 Å². The number of thiophene rings is 1. The smallest absolute Gasteiger partial charge is 0.252 e. The van der Waals surface area contributed by atoms with Gasteiger partial charge in [0, 0.05) is 55.6 Å². The Balaban J connectivity index is 1.35. The molecule has 2 saturated heterocycles. The quantitative estimate of drug-likeness (QED) is 0.914. The predicted octanol–water partition coefficient (Wildman–Crippen LogP) is 2.70. The molecule has 2 aliphatic heterocycles. The van der Waals surface area contributed by atoms with Crippen molar-refractivity contribution in [1.82, 2.24) is 15.2 Å². The third-order valence-electron chi connectivity index (χ3n) is 5.16. The number of amides is 1. The van der Waals surface area contributed by atoms with Crippen LogP contribution in [0.4, 0.5) is 0 Å². The minimum Gasteiger partial charge on any atom is -0.373 e. The van der Waals surface area contributed by atoms with Gasteiger partial charge in [-0.05, 0) is 48.4 Å². The first-order chi connectivity index (χ1) is 12.2. The molecule has 0 saturated carbocycles. The molecule has 0 bridgehead atoms. The van der Waals surface area contributed by atoms with Crippen molar-refractivity contribution in [3.8, 4) is 0 Å². The summed E-state index contributed by atoms with van der Waals surface area (Å²) in [7, 11) is 0. The van der Waals surface area contributed by atoms with Crippen LogP contribution in [0.25, 0.3) is 0 Å². The van der Waals surface area contributed by atoms with Gasteiger partial charge in [-0.1, -0.05) is 0 Å². The van der Waals surface area contributed by atoms with Crippen molar-refractivity contribution in [2.75, 3.05) is 19.7 Å². The Morgan fingerprint density at radius 3 is 3.08 bits per heavy atom. The third kappa shape index (κ3) is 3.92. The van der Waals surface area contributed by atoms with Gasteiger partial charge in [0.25, 0.3) is 5.91 Å². The molecule has 1 N–H and O–H groups in total. The molecule has 5 nitrogen and oxygen atoms in total. The highest BCUT2D eigenvalue weighted by Gasteiger charge is 2.43. The van der Waals surface area contributed by atoms with Crippen molar-refractivity contribution in [2.24, 2.45) is 0 Å². The predicted molar refractivity (Wildman–Crippen MR) is 97.6 cm³/mol. The Hall–Kier alpha value is -1.76. The van der Waals surface area contributed by atoms with Crippen molar-refractivity contribution >= 4 is 17.2 Å². The summed E-state index contributed by atoms with van der Waals surface area (Å²) in [5, 5.41) is 7.04. The zero-order valence-corrected chi connectivity index (χ0v) is 15.0. The van der Waals surface area contributed by atoms with E-state index in [4.69, 9.17) is 4.74 Å². The first-order valence-electron chi connectivity index (χ1n) is 8.81. The fourth-order valence-corrected chi connectivity index (χ4v) is 4.54. The summed E-state index contributed by atoms with van der Waals surface area (Å²) >= 11 is 1.55. The summed E-state index contributed by atoms with van der Waals surface area (Å²) in [6.07, 6.45) is 6.50. The first-order valence-corrected chi connectivity index (χ1v) is 9.75. The number of pyridine rings is 1. The molecule has 0 aliphatic carbocycles. The van der Waals surface area contributed by atoms with E-state index in [0.717, 1.165) is 51.1 Å². The highest BCUT2D eigenvalue weighted by Crippen LogP contribution is 2.35. The lowest BCUT2D eigenvalue weighted by Crippen LogP contribution is -2.49. The number of nitrogens with zero attached hydrogens (tertiary/aromatic N) is 2. The maximum atomic E-state index is 12.3. The molecule has 2 aromatic heterocycles. The molecule has 1 amide bonds. The number of hydrogen-bond acceptors (Lipinski definition) is 5. The van der Waals surface area contributed by atoms with Crippen molar-refractivity contribution in [1.29, 1.82) is 0 Å². The van der Waals surface area contributed by atoms with Gasteiger partial charge in [0.2, 0.25) is 0 Å². The highest BCUT2D eigenvalue weighted by molar-refractivity contribution is 7.08. The lowest BCUT2D eigenvalue weighted by Gasteiger charge is -2.38. The SMILES string of the molecule is O=C(N[C@H]1CCO[C@]2(CCN(Cc3ccncc3)C2)C1)c1ccsc1. The number of carbonyl (C=O) groups is 1. The number of hydrogen-bond donors (Lipinski definition) is 1. The molecule has 6 heteroatoms. The van der Waals surface area contributed by atoms with Crippen molar-refractivity contribution in [3.05, 3.63) is 52.5 Å². The molecule has 0 aromatic carbocycles. The average Bonchev–Trinajstić information content (AvgIpc) is 3.27. The Bertz CT molecular complexity index is 707. The topological polar surface area (TPSA) is 54.5 Å². The van der Waals surface area contributed by atoms with Crippen LogP contribution in [0.15, 0.2) is 41.4 Å². The molecular weight excluding hydrogens is 334 g/mol. The minimum atomic E-state index is -0.113. The number of carbonyl (C=O) groups excluding carboxylic acids is 1. The van der Waals surface area contributed by atoms with Crippen LogP contribution in [0, 0.1) is 0 Å². The van der Waals surface area contributed by atoms with E-state index in [1.165, 1.54) is 5.56 Å². The molecule has 4 rings (SSSR count). The van der Waals surface area contributed by atoms with Crippen LogP contribution in [0.2, 0.25) is 0 Å². The molecule has 4 heterocycles. The molecule has 132 valence electrons. The summed E-state index contributed by atoms with van der Waals surface area (Å²) in [6, 6.07) is 6.20. The van der Waals surface area contributed by atoms with Crippen LogP contribution in [-0.4, -0.2) is 47.1 Å². The van der Waals surface area contributed by atoms with Crippen LogP contribution >= 0.6 is 11.3 Å². The number of ether oxygens (including phenoxy) is 1.